The molecule has 0 aliphatic carbocycles. The van der Waals surface area contributed by atoms with Crippen LogP contribution in [0.15, 0.2) is 0 Å². The quantitative estimate of drug-likeness (QED) is 0.523. The molecule has 2 fully saturated rings. The van der Waals surface area contributed by atoms with Crippen LogP contribution < -0.4 is 0 Å². The van der Waals surface area contributed by atoms with E-state index < -0.39 is 0 Å². The maximum Gasteiger partial charge on any atom is 0.0980 e. The molecule has 2 rings (SSSR count). The zero-order valence-electron chi connectivity index (χ0n) is 6.79. The Labute approximate surface area is 67.8 Å². The third kappa shape index (κ3) is 1.14. The Balaban J connectivity index is 2.05. The van der Waals surface area contributed by atoms with E-state index in [2.05, 4.69) is 11.0 Å². The number of hydrogen-bond donors (Lipinski definition) is 0. The highest BCUT2D eigenvalue weighted by molar-refractivity contribution is 5.01. The Kier molecular flexibility index (Phi) is 1.83. The highest BCUT2D eigenvalue weighted by Crippen LogP contribution is 2.30. The van der Waals surface area contributed by atoms with Crippen LogP contribution in [0.3, 0.4) is 0 Å². The largest absolute Gasteiger partial charge is 0.285 e. The van der Waals surface area contributed by atoms with Gasteiger partial charge in [0.2, 0.25) is 0 Å². The number of rotatable bonds is 0. The molecule has 0 N–H and O–H groups in total. The minimum Gasteiger partial charge on any atom is -0.285 e. The Morgan fingerprint density at radius 3 is 2.91 bits per heavy atom. The summed E-state index contributed by atoms with van der Waals surface area (Å²) in [6.45, 7) is 1.17. The summed E-state index contributed by atoms with van der Waals surface area (Å²) in [6.07, 6.45) is 6.38. The zero-order chi connectivity index (χ0) is 7.68. The molecule has 0 bridgehead atoms. The van der Waals surface area contributed by atoms with E-state index >= 15 is 0 Å². The van der Waals surface area contributed by atoms with Gasteiger partial charge in [0, 0.05) is 6.04 Å². The van der Waals surface area contributed by atoms with E-state index in [1.165, 1.54) is 32.2 Å². The van der Waals surface area contributed by atoms with Gasteiger partial charge in [0.25, 0.3) is 0 Å². The van der Waals surface area contributed by atoms with Gasteiger partial charge in [-0.2, -0.15) is 5.26 Å². The molecule has 0 saturated carbocycles. The SMILES string of the molecule is N#C[C@H]1CC[C@H]2CCCCN21. The van der Waals surface area contributed by atoms with Crippen LogP contribution in [0.5, 0.6) is 0 Å². The highest BCUT2D eigenvalue weighted by atomic mass is 15.2. The summed E-state index contributed by atoms with van der Waals surface area (Å²) in [5.74, 6) is 0. The molecule has 0 amide bonds. The van der Waals surface area contributed by atoms with Crippen molar-refractivity contribution >= 4 is 0 Å². The zero-order valence-corrected chi connectivity index (χ0v) is 6.79. The van der Waals surface area contributed by atoms with Crippen molar-refractivity contribution in [3.05, 3.63) is 0 Å². The summed E-state index contributed by atoms with van der Waals surface area (Å²) in [5.41, 5.74) is 0. The molecule has 0 aromatic heterocycles. The molecule has 2 heterocycles. The van der Waals surface area contributed by atoms with Gasteiger partial charge in [-0.3, -0.25) is 4.90 Å². The van der Waals surface area contributed by atoms with Crippen molar-refractivity contribution < 1.29 is 0 Å². The Morgan fingerprint density at radius 1 is 1.18 bits per heavy atom. The fourth-order valence-corrected chi connectivity index (χ4v) is 2.40. The molecule has 0 aromatic carbocycles. The van der Waals surface area contributed by atoms with Gasteiger partial charge in [0.1, 0.15) is 0 Å². The van der Waals surface area contributed by atoms with Crippen molar-refractivity contribution in [2.75, 3.05) is 6.54 Å². The van der Waals surface area contributed by atoms with Crippen molar-refractivity contribution in [3.63, 3.8) is 0 Å². The average Bonchev–Trinajstić information content (AvgIpc) is 2.47. The van der Waals surface area contributed by atoms with Crippen molar-refractivity contribution in [2.45, 2.75) is 44.2 Å². The van der Waals surface area contributed by atoms with Crippen molar-refractivity contribution in [2.24, 2.45) is 0 Å². The van der Waals surface area contributed by atoms with Crippen LogP contribution in [-0.4, -0.2) is 23.5 Å². The maximum atomic E-state index is 8.81. The minimum absolute atomic E-state index is 0.250. The number of fused-ring (bicyclic) bond motifs is 1. The molecule has 2 nitrogen and oxygen atoms in total. The molecule has 2 aliphatic heterocycles. The van der Waals surface area contributed by atoms with E-state index in [1.807, 2.05) is 0 Å². The van der Waals surface area contributed by atoms with Gasteiger partial charge in [0.15, 0.2) is 0 Å². The second kappa shape index (κ2) is 2.83. The first-order valence-electron chi connectivity index (χ1n) is 4.57. The summed E-state index contributed by atoms with van der Waals surface area (Å²) in [6, 6.07) is 3.40. The fraction of sp³-hybridized carbons (Fsp3) is 0.889. The lowest BCUT2D eigenvalue weighted by Gasteiger charge is -2.30. The molecule has 0 aromatic rings. The van der Waals surface area contributed by atoms with Gasteiger partial charge < -0.3 is 0 Å². The average molecular weight is 150 g/mol. The summed E-state index contributed by atoms with van der Waals surface area (Å²) in [4.78, 5) is 2.41. The lowest BCUT2D eigenvalue weighted by molar-refractivity contribution is 0.173. The van der Waals surface area contributed by atoms with Crippen LogP contribution >= 0.6 is 0 Å². The van der Waals surface area contributed by atoms with Crippen LogP contribution in [0.1, 0.15) is 32.1 Å². The summed E-state index contributed by atoms with van der Waals surface area (Å²) >= 11 is 0. The minimum atomic E-state index is 0.250. The van der Waals surface area contributed by atoms with E-state index in [-0.39, 0.29) is 6.04 Å². The van der Waals surface area contributed by atoms with Gasteiger partial charge in [-0.05, 0) is 32.2 Å². The first kappa shape index (κ1) is 7.12. The topological polar surface area (TPSA) is 27.0 Å². The molecule has 2 heteroatoms. The van der Waals surface area contributed by atoms with Gasteiger partial charge in [-0.15, -0.1) is 0 Å². The fourth-order valence-electron chi connectivity index (χ4n) is 2.40. The van der Waals surface area contributed by atoms with Crippen LogP contribution in [-0.2, 0) is 0 Å². The lowest BCUT2D eigenvalue weighted by atomic mass is 10.0. The number of hydrogen-bond acceptors (Lipinski definition) is 2. The van der Waals surface area contributed by atoms with Gasteiger partial charge >= 0.3 is 0 Å². The summed E-state index contributed by atoms with van der Waals surface area (Å²) < 4.78 is 0. The molecule has 0 radical (unpaired) electrons. The van der Waals surface area contributed by atoms with E-state index in [1.54, 1.807) is 0 Å². The molecule has 0 unspecified atom stereocenters. The Morgan fingerprint density at radius 2 is 2.09 bits per heavy atom. The second-order valence-electron chi connectivity index (χ2n) is 3.61. The van der Waals surface area contributed by atoms with Crippen LogP contribution in [0.2, 0.25) is 0 Å². The van der Waals surface area contributed by atoms with E-state index in [0.29, 0.717) is 0 Å². The van der Waals surface area contributed by atoms with Gasteiger partial charge in [0.05, 0.1) is 12.1 Å². The normalized spacial score (nSPS) is 38.1. The van der Waals surface area contributed by atoms with Crippen molar-refractivity contribution in [1.82, 2.24) is 4.90 Å². The second-order valence-corrected chi connectivity index (χ2v) is 3.61. The van der Waals surface area contributed by atoms with Crippen LogP contribution in [0.4, 0.5) is 0 Å². The van der Waals surface area contributed by atoms with E-state index in [4.69, 9.17) is 5.26 Å². The number of nitrogens with zero attached hydrogens (tertiary/aromatic N) is 2. The molecule has 2 atom stereocenters. The van der Waals surface area contributed by atoms with Crippen molar-refractivity contribution in [1.29, 1.82) is 5.26 Å². The number of nitriles is 1. The molecule has 0 spiro atoms. The van der Waals surface area contributed by atoms with Crippen LogP contribution in [0.25, 0.3) is 0 Å². The highest BCUT2D eigenvalue weighted by Gasteiger charge is 2.34. The Bertz CT molecular complexity index is 182. The number of piperidine rings is 1. The van der Waals surface area contributed by atoms with Gasteiger partial charge in [-0.25, -0.2) is 0 Å². The maximum absolute atomic E-state index is 8.81. The monoisotopic (exact) mass is 150 g/mol. The van der Waals surface area contributed by atoms with E-state index in [0.717, 1.165) is 12.5 Å². The predicted molar refractivity (Wildman–Crippen MR) is 43.0 cm³/mol. The first-order chi connectivity index (χ1) is 5.42. The summed E-state index contributed by atoms with van der Waals surface area (Å²) in [5, 5.41) is 8.81. The molecule has 60 valence electrons. The molecular formula is C9H14N2. The lowest BCUT2D eigenvalue weighted by Crippen LogP contribution is -2.38. The third-order valence-corrected chi connectivity index (χ3v) is 3.00. The smallest absolute Gasteiger partial charge is 0.0980 e. The third-order valence-electron chi connectivity index (χ3n) is 3.00. The van der Waals surface area contributed by atoms with Gasteiger partial charge in [-0.1, -0.05) is 6.42 Å². The standard InChI is InChI=1S/C9H14N2/c10-7-9-5-4-8-3-1-2-6-11(8)9/h8-9H,1-6H2/t8-,9-/m1/s1. The first-order valence-corrected chi connectivity index (χ1v) is 4.57. The summed E-state index contributed by atoms with van der Waals surface area (Å²) in [7, 11) is 0. The van der Waals surface area contributed by atoms with Crippen LogP contribution in [0, 0.1) is 11.3 Å². The van der Waals surface area contributed by atoms with Crippen molar-refractivity contribution in [3.8, 4) is 6.07 Å². The molecule has 2 saturated heterocycles. The molecule has 2 aliphatic rings. The Hall–Kier alpha value is -0.550. The predicted octanol–water partition coefficient (Wildman–Crippen LogP) is 1.53. The molecular weight excluding hydrogens is 136 g/mol. The molecule has 11 heavy (non-hydrogen) atoms. The van der Waals surface area contributed by atoms with E-state index in [9.17, 15) is 0 Å².